The van der Waals surface area contributed by atoms with E-state index in [0.717, 1.165) is 17.8 Å². The van der Waals surface area contributed by atoms with Gasteiger partial charge >= 0.3 is 10.2 Å². The van der Waals surface area contributed by atoms with Crippen molar-refractivity contribution < 1.29 is 17.9 Å². The van der Waals surface area contributed by atoms with Crippen molar-refractivity contribution in [3.05, 3.63) is 58.4 Å². The molecule has 1 amide bonds. The lowest BCUT2D eigenvalue weighted by Crippen LogP contribution is -2.40. The van der Waals surface area contributed by atoms with Crippen LogP contribution in [0.15, 0.2) is 36.4 Å². The minimum absolute atomic E-state index is 0.220. The Morgan fingerprint density at radius 2 is 1.97 bits per heavy atom. The Morgan fingerprint density at radius 3 is 2.66 bits per heavy atom. The van der Waals surface area contributed by atoms with Crippen LogP contribution in [0, 0.1) is 6.92 Å². The normalized spacial score (nSPS) is 11.6. The second-order valence-corrected chi connectivity index (χ2v) is 9.22. The van der Waals surface area contributed by atoms with Crippen molar-refractivity contribution in [2.24, 2.45) is 0 Å². The molecule has 0 fully saturated rings. The van der Waals surface area contributed by atoms with Crippen LogP contribution in [0.5, 0.6) is 5.75 Å². The molecule has 0 bridgehead atoms. The number of nitrogens with zero attached hydrogens (tertiary/aromatic N) is 2. The number of halogens is 1. The highest BCUT2D eigenvalue weighted by atomic mass is 35.5. The number of imidazole rings is 1. The van der Waals surface area contributed by atoms with E-state index in [2.05, 4.69) is 14.4 Å². The van der Waals surface area contributed by atoms with E-state index in [0.29, 0.717) is 41.4 Å². The van der Waals surface area contributed by atoms with Crippen molar-refractivity contribution in [2.45, 2.75) is 40.2 Å². The third-order valence-corrected chi connectivity index (χ3v) is 6.30. The summed E-state index contributed by atoms with van der Waals surface area (Å²) < 4.78 is 36.0. The first-order valence-corrected chi connectivity index (χ1v) is 12.3. The van der Waals surface area contributed by atoms with Gasteiger partial charge in [0.05, 0.1) is 24.2 Å². The van der Waals surface area contributed by atoms with Gasteiger partial charge in [0, 0.05) is 17.1 Å². The maximum absolute atomic E-state index is 12.6. The highest BCUT2D eigenvalue weighted by Crippen LogP contribution is 2.26. The smallest absolute Gasteiger partial charge is 0.301 e. The van der Waals surface area contributed by atoms with Crippen LogP contribution in [0.25, 0.3) is 11.0 Å². The van der Waals surface area contributed by atoms with Gasteiger partial charge in [-0.1, -0.05) is 31.0 Å². The molecule has 3 aromatic rings. The van der Waals surface area contributed by atoms with Crippen LogP contribution in [0.4, 0.5) is 0 Å². The zero-order valence-corrected chi connectivity index (χ0v) is 19.9. The summed E-state index contributed by atoms with van der Waals surface area (Å²) in [6.45, 7) is 6.99. The summed E-state index contributed by atoms with van der Waals surface area (Å²) in [5.74, 6) is 0.734. The SMILES string of the molecule is CCCCNS(=O)(=O)NC(=O)c1ccc2nc(C)n(Cc3ccc(OCC)cc3Cl)c2c1. The molecule has 2 N–H and O–H groups in total. The van der Waals surface area contributed by atoms with E-state index in [1.807, 2.05) is 37.5 Å². The predicted molar refractivity (Wildman–Crippen MR) is 125 cm³/mol. The number of ether oxygens (including phenoxy) is 1. The number of nitrogens with one attached hydrogen (secondary N) is 2. The Labute approximate surface area is 193 Å². The molecule has 0 saturated carbocycles. The third-order valence-electron chi connectivity index (χ3n) is 4.91. The van der Waals surface area contributed by atoms with Crippen molar-refractivity contribution in [3.63, 3.8) is 0 Å². The van der Waals surface area contributed by atoms with Crippen LogP contribution in [0.2, 0.25) is 5.02 Å². The van der Waals surface area contributed by atoms with Gasteiger partial charge in [0.2, 0.25) is 0 Å². The molecule has 172 valence electrons. The Bertz CT molecular complexity index is 1220. The minimum Gasteiger partial charge on any atom is -0.494 e. The third kappa shape index (κ3) is 5.79. The number of hydrogen-bond acceptors (Lipinski definition) is 5. The number of benzene rings is 2. The molecule has 0 unspecified atom stereocenters. The van der Waals surface area contributed by atoms with Crippen molar-refractivity contribution in [2.75, 3.05) is 13.2 Å². The summed E-state index contributed by atoms with van der Waals surface area (Å²) in [4.78, 5) is 17.1. The number of hydrogen-bond donors (Lipinski definition) is 2. The summed E-state index contributed by atoms with van der Waals surface area (Å²) in [6.07, 6.45) is 1.53. The number of unbranched alkanes of at least 4 members (excludes halogenated alkanes) is 1. The standard InChI is InChI=1S/C22H27ClN4O4S/c1-4-6-11-24-32(29,30)26-22(28)16-8-10-20-21(12-16)27(15(3)25-20)14-17-7-9-18(31-5-2)13-19(17)23/h7-10,12-13,24H,4-6,11,14H2,1-3H3,(H,26,28). The van der Waals surface area contributed by atoms with Gasteiger partial charge < -0.3 is 9.30 Å². The van der Waals surface area contributed by atoms with Crippen molar-refractivity contribution in [1.29, 1.82) is 0 Å². The predicted octanol–water partition coefficient (Wildman–Crippen LogP) is 3.81. The highest BCUT2D eigenvalue weighted by Gasteiger charge is 2.17. The van der Waals surface area contributed by atoms with E-state index in [1.54, 1.807) is 24.3 Å². The topological polar surface area (TPSA) is 102 Å². The van der Waals surface area contributed by atoms with Crippen LogP contribution in [-0.4, -0.2) is 37.0 Å². The zero-order valence-electron chi connectivity index (χ0n) is 18.3. The summed E-state index contributed by atoms with van der Waals surface area (Å²) >= 11 is 6.44. The number of rotatable bonds is 10. The van der Waals surface area contributed by atoms with Gasteiger partial charge in [0.25, 0.3) is 5.91 Å². The molecule has 0 radical (unpaired) electrons. The fourth-order valence-corrected chi connectivity index (χ4v) is 4.34. The molecular weight excluding hydrogens is 452 g/mol. The van der Waals surface area contributed by atoms with E-state index < -0.39 is 16.1 Å². The molecule has 0 aliphatic heterocycles. The molecule has 1 heterocycles. The van der Waals surface area contributed by atoms with Gasteiger partial charge in [-0.3, -0.25) is 4.79 Å². The number of aryl methyl sites for hydroxylation is 1. The van der Waals surface area contributed by atoms with E-state index >= 15 is 0 Å². The van der Waals surface area contributed by atoms with Crippen LogP contribution >= 0.6 is 11.6 Å². The molecule has 3 rings (SSSR count). The molecule has 0 aliphatic rings. The van der Waals surface area contributed by atoms with Crippen molar-refractivity contribution >= 4 is 38.8 Å². The first kappa shape index (κ1) is 24.0. The van der Waals surface area contributed by atoms with Crippen LogP contribution in [0.1, 0.15) is 48.4 Å². The average molecular weight is 479 g/mol. The average Bonchev–Trinajstić information content (AvgIpc) is 3.04. The molecular formula is C22H27ClN4O4S. The molecule has 32 heavy (non-hydrogen) atoms. The van der Waals surface area contributed by atoms with E-state index in [1.165, 1.54) is 0 Å². The van der Waals surface area contributed by atoms with E-state index in [-0.39, 0.29) is 12.1 Å². The highest BCUT2D eigenvalue weighted by molar-refractivity contribution is 7.88. The molecule has 0 aliphatic carbocycles. The van der Waals surface area contributed by atoms with E-state index in [9.17, 15) is 13.2 Å². The summed E-state index contributed by atoms with van der Waals surface area (Å²) in [5.41, 5.74) is 2.49. The second kappa shape index (κ2) is 10.3. The number of fused-ring (bicyclic) bond motifs is 1. The number of aromatic nitrogens is 2. The van der Waals surface area contributed by atoms with Gasteiger partial charge in [0.1, 0.15) is 11.6 Å². The van der Waals surface area contributed by atoms with Crippen LogP contribution in [-0.2, 0) is 16.8 Å². The van der Waals surface area contributed by atoms with Crippen molar-refractivity contribution in [3.8, 4) is 5.75 Å². The fourth-order valence-electron chi connectivity index (χ4n) is 3.27. The largest absolute Gasteiger partial charge is 0.494 e. The van der Waals surface area contributed by atoms with E-state index in [4.69, 9.17) is 16.3 Å². The van der Waals surface area contributed by atoms with Crippen molar-refractivity contribution in [1.82, 2.24) is 19.0 Å². The minimum atomic E-state index is -3.92. The first-order chi connectivity index (χ1) is 15.2. The molecule has 0 atom stereocenters. The Morgan fingerprint density at radius 1 is 1.19 bits per heavy atom. The molecule has 0 saturated heterocycles. The lowest BCUT2D eigenvalue weighted by Gasteiger charge is -2.11. The Balaban J connectivity index is 1.86. The lowest BCUT2D eigenvalue weighted by molar-refractivity contribution is 0.0981. The Hall–Kier alpha value is -2.62. The fraction of sp³-hybridized carbons (Fsp3) is 0.364. The zero-order chi connectivity index (χ0) is 23.3. The quantitative estimate of drug-likeness (QED) is 0.431. The maximum atomic E-state index is 12.6. The second-order valence-electron chi connectivity index (χ2n) is 7.32. The van der Waals surface area contributed by atoms with Crippen LogP contribution < -0.4 is 14.2 Å². The summed E-state index contributed by atoms with van der Waals surface area (Å²) in [7, 11) is -3.92. The Kier molecular flexibility index (Phi) is 7.76. The number of carbonyl (C=O) groups excluding carboxylic acids is 1. The molecule has 8 nitrogen and oxygen atoms in total. The first-order valence-electron chi connectivity index (χ1n) is 10.4. The van der Waals surface area contributed by atoms with Gasteiger partial charge in [0.15, 0.2) is 0 Å². The molecule has 1 aromatic heterocycles. The van der Waals surface area contributed by atoms with Gasteiger partial charge in [-0.15, -0.1) is 0 Å². The van der Waals surface area contributed by atoms with Gasteiger partial charge in [-0.2, -0.15) is 13.1 Å². The summed E-state index contributed by atoms with van der Waals surface area (Å²) in [6, 6.07) is 10.4. The summed E-state index contributed by atoms with van der Waals surface area (Å²) in [5, 5.41) is 0.565. The lowest BCUT2D eigenvalue weighted by atomic mass is 10.1. The van der Waals surface area contributed by atoms with Gasteiger partial charge in [-0.05, 0) is 56.2 Å². The maximum Gasteiger partial charge on any atom is 0.301 e. The van der Waals surface area contributed by atoms with Crippen LogP contribution in [0.3, 0.4) is 0 Å². The number of amides is 1. The molecule has 10 heteroatoms. The van der Waals surface area contributed by atoms with Gasteiger partial charge in [-0.25, -0.2) is 9.71 Å². The monoisotopic (exact) mass is 478 g/mol. The number of carbonyl (C=O) groups is 1. The molecule has 0 spiro atoms. The molecule has 2 aromatic carbocycles.